The Morgan fingerprint density at radius 3 is 2.67 bits per heavy atom. The van der Waals surface area contributed by atoms with Gasteiger partial charge in [-0.25, -0.2) is 14.8 Å². The molecule has 27 heavy (non-hydrogen) atoms. The van der Waals surface area contributed by atoms with Crippen molar-refractivity contribution in [3.05, 3.63) is 41.6 Å². The lowest BCUT2D eigenvalue weighted by atomic mass is 10.1. The molecule has 2 aromatic rings. The molecule has 3 heterocycles. The summed E-state index contributed by atoms with van der Waals surface area (Å²) in [6.07, 6.45) is 3.46. The monoisotopic (exact) mass is 391 g/mol. The van der Waals surface area contributed by atoms with E-state index < -0.39 is 16.2 Å². The van der Waals surface area contributed by atoms with E-state index in [1.807, 2.05) is 6.92 Å². The summed E-state index contributed by atoms with van der Waals surface area (Å²) in [6.45, 7) is 2.55. The highest BCUT2D eigenvalue weighted by Gasteiger charge is 2.34. The van der Waals surface area contributed by atoms with E-state index in [0.717, 1.165) is 5.69 Å². The summed E-state index contributed by atoms with van der Waals surface area (Å²) in [6, 6.07) is 3.27. The summed E-state index contributed by atoms with van der Waals surface area (Å²) in [7, 11) is -0.457. The van der Waals surface area contributed by atoms with Crippen LogP contribution < -0.4 is 0 Å². The largest absolute Gasteiger partial charge is 0.478 e. The summed E-state index contributed by atoms with van der Waals surface area (Å²) < 4.78 is 27.2. The second-order valence-electron chi connectivity index (χ2n) is 6.65. The molecule has 10 heteroatoms. The van der Waals surface area contributed by atoms with Crippen LogP contribution in [-0.4, -0.2) is 70.2 Å². The van der Waals surface area contributed by atoms with Gasteiger partial charge in [-0.15, -0.1) is 0 Å². The molecule has 0 amide bonds. The van der Waals surface area contributed by atoms with E-state index in [9.17, 15) is 13.2 Å². The average Bonchev–Trinajstić information content (AvgIpc) is 3.12. The van der Waals surface area contributed by atoms with E-state index in [-0.39, 0.29) is 11.5 Å². The van der Waals surface area contributed by atoms with Crippen LogP contribution in [0, 0.1) is 6.92 Å². The smallest absolute Gasteiger partial charge is 0.337 e. The Balaban J connectivity index is 1.91. The van der Waals surface area contributed by atoms with Gasteiger partial charge in [0.25, 0.3) is 10.2 Å². The van der Waals surface area contributed by atoms with Crippen LogP contribution in [0.5, 0.6) is 0 Å². The number of pyridine rings is 1. The highest BCUT2D eigenvalue weighted by Crippen LogP contribution is 2.29. The van der Waals surface area contributed by atoms with Gasteiger partial charge < -0.3 is 5.11 Å². The number of carboxylic acids is 1. The van der Waals surface area contributed by atoms with E-state index in [1.165, 1.54) is 35.0 Å². The first-order valence-electron chi connectivity index (χ1n) is 8.40. The molecule has 0 radical (unpaired) electrons. The van der Waals surface area contributed by atoms with Crippen LogP contribution in [-0.2, 0) is 10.2 Å². The average molecular weight is 391 g/mol. The highest BCUT2D eigenvalue weighted by atomic mass is 32.2. The van der Waals surface area contributed by atoms with Gasteiger partial charge in [-0.1, -0.05) is 0 Å². The zero-order valence-corrected chi connectivity index (χ0v) is 16.1. The third-order valence-electron chi connectivity index (χ3n) is 4.46. The second-order valence-corrected chi connectivity index (χ2v) is 8.80. The highest BCUT2D eigenvalue weighted by molar-refractivity contribution is 7.86. The Morgan fingerprint density at radius 2 is 2.00 bits per heavy atom. The normalized spacial score (nSPS) is 18.1. The first-order chi connectivity index (χ1) is 12.7. The Kier molecular flexibility index (Phi) is 5.22. The van der Waals surface area contributed by atoms with E-state index in [4.69, 9.17) is 5.11 Å². The van der Waals surface area contributed by atoms with Gasteiger partial charge >= 0.3 is 5.97 Å². The predicted molar refractivity (Wildman–Crippen MR) is 98.5 cm³/mol. The molecule has 9 nitrogen and oxygen atoms in total. The van der Waals surface area contributed by atoms with Gasteiger partial charge in [-0.2, -0.15) is 17.0 Å². The number of aromatic carboxylic acids is 1. The molecule has 2 aromatic heterocycles. The molecule has 0 unspecified atom stereocenters. The summed E-state index contributed by atoms with van der Waals surface area (Å²) in [5.41, 5.74) is 1.96. The van der Waals surface area contributed by atoms with Crippen molar-refractivity contribution in [3.63, 3.8) is 0 Å². The van der Waals surface area contributed by atoms with Crippen molar-refractivity contribution in [1.29, 1.82) is 0 Å². The summed E-state index contributed by atoms with van der Waals surface area (Å²) in [5, 5.41) is 9.15. The van der Waals surface area contributed by atoms with Crippen molar-refractivity contribution < 1.29 is 18.3 Å². The van der Waals surface area contributed by atoms with Crippen molar-refractivity contribution in [2.75, 3.05) is 27.2 Å². The molecule has 1 fully saturated rings. The van der Waals surface area contributed by atoms with E-state index in [2.05, 4.69) is 15.0 Å². The number of carbonyl (C=O) groups is 1. The molecular formula is C17H21N5O4S. The van der Waals surface area contributed by atoms with Gasteiger partial charge in [0.2, 0.25) is 0 Å². The number of carboxylic acid groups (broad SMARTS) is 1. The topological polar surface area (TPSA) is 117 Å². The number of hydrogen-bond acceptors (Lipinski definition) is 6. The first kappa shape index (κ1) is 19.3. The second kappa shape index (κ2) is 7.29. The van der Waals surface area contributed by atoms with Gasteiger partial charge in [0.05, 0.1) is 11.3 Å². The molecule has 1 aliphatic rings. The molecule has 144 valence electrons. The lowest BCUT2D eigenvalue weighted by Gasteiger charge is -2.20. The number of aromatic nitrogens is 3. The molecule has 3 rings (SSSR count). The number of hydrogen-bond donors (Lipinski definition) is 1. The standard InChI is InChI=1S/C17H21N5O4S/c1-11-6-15(13-7-14(17(23)24)9-18-8-13)20-16(19-11)12-4-5-22(10-12)27(25,26)21(2)3/h6-9,12H,4-5,10H2,1-3H3,(H,23,24)/t12-/m0/s1. The van der Waals surface area contributed by atoms with Gasteiger partial charge in [0.1, 0.15) is 5.82 Å². The molecule has 0 bridgehead atoms. The Labute approximate surface area is 157 Å². The molecule has 1 atom stereocenters. The van der Waals surface area contributed by atoms with Crippen LogP contribution in [0.25, 0.3) is 11.3 Å². The third kappa shape index (κ3) is 3.97. The zero-order chi connectivity index (χ0) is 19.8. The van der Waals surface area contributed by atoms with E-state index >= 15 is 0 Å². The molecule has 1 N–H and O–H groups in total. The van der Waals surface area contributed by atoms with Crippen LogP contribution in [0.15, 0.2) is 24.5 Å². The minimum Gasteiger partial charge on any atom is -0.478 e. The van der Waals surface area contributed by atoms with E-state index in [1.54, 1.807) is 12.3 Å². The minimum absolute atomic E-state index is 0.0782. The Morgan fingerprint density at radius 1 is 1.26 bits per heavy atom. The Hall–Kier alpha value is -2.43. The van der Waals surface area contributed by atoms with Crippen molar-refractivity contribution in [3.8, 4) is 11.3 Å². The quantitative estimate of drug-likeness (QED) is 0.812. The SMILES string of the molecule is Cc1cc(-c2cncc(C(=O)O)c2)nc([C@H]2CCN(S(=O)(=O)N(C)C)C2)n1. The lowest BCUT2D eigenvalue weighted by Crippen LogP contribution is -2.38. The molecule has 0 saturated carbocycles. The molecule has 0 aliphatic carbocycles. The fourth-order valence-corrected chi connectivity index (χ4v) is 4.16. The van der Waals surface area contributed by atoms with Crippen molar-refractivity contribution in [2.45, 2.75) is 19.3 Å². The van der Waals surface area contributed by atoms with Gasteiger partial charge in [0.15, 0.2) is 0 Å². The number of nitrogens with zero attached hydrogens (tertiary/aromatic N) is 5. The zero-order valence-electron chi connectivity index (χ0n) is 15.3. The van der Waals surface area contributed by atoms with Gasteiger partial charge in [-0.3, -0.25) is 4.98 Å². The third-order valence-corrected chi connectivity index (χ3v) is 6.36. The van der Waals surface area contributed by atoms with Crippen LogP contribution in [0.3, 0.4) is 0 Å². The molecule has 1 saturated heterocycles. The predicted octanol–water partition coefficient (Wildman–Crippen LogP) is 1.14. The maximum atomic E-state index is 12.3. The van der Waals surface area contributed by atoms with Crippen molar-refractivity contribution in [2.24, 2.45) is 0 Å². The van der Waals surface area contributed by atoms with Crippen LogP contribution in [0.2, 0.25) is 0 Å². The van der Waals surface area contributed by atoms with Crippen LogP contribution in [0.4, 0.5) is 0 Å². The van der Waals surface area contributed by atoms with Crippen molar-refractivity contribution in [1.82, 2.24) is 23.6 Å². The molecule has 0 aromatic carbocycles. The Bertz CT molecular complexity index is 977. The first-order valence-corrected chi connectivity index (χ1v) is 9.80. The lowest BCUT2D eigenvalue weighted by molar-refractivity contribution is 0.0696. The maximum absolute atomic E-state index is 12.3. The summed E-state index contributed by atoms with van der Waals surface area (Å²) in [4.78, 5) is 24.2. The fraction of sp³-hybridized carbons (Fsp3) is 0.412. The van der Waals surface area contributed by atoms with Gasteiger partial charge in [0, 0.05) is 56.8 Å². The fourth-order valence-electron chi connectivity index (χ4n) is 3.00. The van der Waals surface area contributed by atoms with Crippen molar-refractivity contribution >= 4 is 16.2 Å². The van der Waals surface area contributed by atoms with E-state index in [0.29, 0.717) is 36.6 Å². The molecule has 0 spiro atoms. The van der Waals surface area contributed by atoms with Gasteiger partial charge in [-0.05, 0) is 25.5 Å². The van der Waals surface area contributed by atoms with Crippen LogP contribution in [0.1, 0.15) is 34.2 Å². The maximum Gasteiger partial charge on any atom is 0.337 e. The summed E-state index contributed by atoms with van der Waals surface area (Å²) >= 11 is 0. The summed E-state index contributed by atoms with van der Waals surface area (Å²) in [5.74, 6) is -0.619. The molecular weight excluding hydrogens is 370 g/mol. The minimum atomic E-state index is -3.47. The number of rotatable bonds is 5. The van der Waals surface area contributed by atoms with Crippen LogP contribution >= 0.6 is 0 Å². The molecule has 1 aliphatic heterocycles. The number of aryl methyl sites for hydroxylation is 1.